The summed E-state index contributed by atoms with van der Waals surface area (Å²) in [5.74, 6) is 0.800. The number of hydrogen-bond acceptors (Lipinski definition) is 4. The highest BCUT2D eigenvalue weighted by molar-refractivity contribution is 7.16. The molecule has 1 heterocycles. The predicted molar refractivity (Wildman–Crippen MR) is 83.5 cm³/mol. The third kappa shape index (κ3) is 3.78. The molecule has 0 atom stereocenters. The fourth-order valence-corrected chi connectivity index (χ4v) is 2.98. The summed E-state index contributed by atoms with van der Waals surface area (Å²) in [4.78, 5) is 3.34. The molecule has 0 aliphatic rings. The Balaban J connectivity index is 2.15. The monoisotopic (exact) mass is 296 g/mol. The second-order valence-electron chi connectivity index (χ2n) is 4.26. The lowest BCUT2D eigenvalue weighted by Crippen LogP contribution is -2.15. The number of rotatable bonds is 5. The number of thiophene rings is 1. The van der Waals surface area contributed by atoms with Gasteiger partial charge in [0.25, 0.3) is 0 Å². The Kier molecular flexibility index (Phi) is 4.56. The highest BCUT2D eigenvalue weighted by atomic mass is 35.5. The number of ether oxygens (including phenoxy) is 1. The Labute approximate surface area is 122 Å². The van der Waals surface area contributed by atoms with Crippen molar-refractivity contribution in [2.24, 2.45) is 0 Å². The SMILES string of the molecule is CCOc1cc(N)cc(N(C)Cc2ccc(Cl)s2)c1. The summed E-state index contributed by atoms with van der Waals surface area (Å²) in [7, 11) is 2.03. The highest BCUT2D eigenvalue weighted by Gasteiger charge is 2.07. The van der Waals surface area contributed by atoms with Crippen molar-refractivity contribution in [1.82, 2.24) is 0 Å². The summed E-state index contributed by atoms with van der Waals surface area (Å²) in [6.07, 6.45) is 0. The van der Waals surface area contributed by atoms with Crippen LogP contribution in [-0.2, 0) is 6.54 Å². The second kappa shape index (κ2) is 6.17. The van der Waals surface area contributed by atoms with Gasteiger partial charge in [0.2, 0.25) is 0 Å². The van der Waals surface area contributed by atoms with Crippen LogP contribution in [0.25, 0.3) is 0 Å². The van der Waals surface area contributed by atoms with Crippen LogP contribution in [0, 0.1) is 0 Å². The third-order valence-corrected chi connectivity index (χ3v) is 3.90. The summed E-state index contributed by atoms with van der Waals surface area (Å²) in [5.41, 5.74) is 7.64. The summed E-state index contributed by atoms with van der Waals surface area (Å²) in [6, 6.07) is 9.73. The van der Waals surface area contributed by atoms with Gasteiger partial charge < -0.3 is 15.4 Å². The first-order valence-corrected chi connectivity index (χ1v) is 7.26. The minimum Gasteiger partial charge on any atom is -0.494 e. The number of nitrogen functional groups attached to an aromatic ring is 1. The minimum atomic E-state index is 0.632. The topological polar surface area (TPSA) is 38.5 Å². The highest BCUT2D eigenvalue weighted by Crippen LogP contribution is 2.28. The number of halogens is 1. The molecular formula is C14H17ClN2OS. The van der Waals surface area contributed by atoms with Crippen LogP contribution in [0.4, 0.5) is 11.4 Å². The summed E-state index contributed by atoms with van der Waals surface area (Å²) in [6.45, 7) is 3.39. The molecule has 0 unspecified atom stereocenters. The van der Waals surface area contributed by atoms with Gasteiger partial charge in [-0.15, -0.1) is 11.3 Å². The minimum absolute atomic E-state index is 0.632. The van der Waals surface area contributed by atoms with E-state index >= 15 is 0 Å². The average Bonchev–Trinajstić information content (AvgIpc) is 2.74. The lowest BCUT2D eigenvalue weighted by Gasteiger charge is -2.20. The van der Waals surface area contributed by atoms with E-state index in [2.05, 4.69) is 4.90 Å². The van der Waals surface area contributed by atoms with E-state index in [9.17, 15) is 0 Å². The van der Waals surface area contributed by atoms with Crippen LogP contribution in [0.15, 0.2) is 30.3 Å². The van der Waals surface area contributed by atoms with E-state index in [1.54, 1.807) is 11.3 Å². The molecule has 0 spiro atoms. The quantitative estimate of drug-likeness (QED) is 0.847. The van der Waals surface area contributed by atoms with Crippen molar-refractivity contribution in [3.05, 3.63) is 39.5 Å². The number of nitrogens with zero attached hydrogens (tertiary/aromatic N) is 1. The smallest absolute Gasteiger partial charge is 0.123 e. The zero-order valence-corrected chi connectivity index (χ0v) is 12.6. The van der Waals surface area contributed by atoms with Crippen LogP contribution >= 0.6 is 22.9 Å². The zero-order chi connectivity index (χ0) is 13.8. The van der Waals surface area contributed by atoms with E-state index in [1.165, 1.54) is 4.88 Å². The zero-order valence-electron chi connectivity index (χ0n) is 11.0. The van der Waals surface area contributed by atoms with Crippen molar-refractivity contribution in [2.45, 2.75) is 13.5 Å². The van der Waals surface area contributed by atoms with Crippen LogP contribution < -0.4 is 15.4 Å². The maximum atomic E-state index is 5.94. The van der Waals surface area contributed by atoms with Crippen LogP contribution in [0.2, 0.25) is 4.34 Å². The Hall–Kier alpha value is -1.39. The first-order chi connectivity index (χ1) is 9.08. The van der Waals surface area contributed by atoms with Gasteiger partial charge >= 0.3 is 0 Å². The molecule has 2 rings (SSSR count). The van der Waals surface area contributed by atoms with Crippen LogP contribution in [-0.4, -0.2) is 13.7 Å². The Morgan fingerprint density at radius 2 is 2.11 bits per heavy atom. The van der Waals surface area contributed by atoms with E-state index in [4.69, 9.17) is 22.1 Å². The molecule has 0 saturated carbocycles. The molecule has 1 aromatic carbocycles. The Bertz CT molecular complexity index is 556. The molecule has 0 radical (unpaired) electrons. The van der Waals surface area contributed by atoms with E-state index in [1.807, 2.05) is 44.3 Å². The van der Waals surface area contributed by atoms with Gasteiger partial charge in [-0.25, -0.2) is 0 Å². The maximum absolute atomic E-state index is 5.94. The summed E-state index contributed by atoms with van der Waals surface area (Å²) in [5, 5.41) is 0. The first kappa shape index (κ1) is 14.0. The van der Waals surface area contributed by atoms with Gasteiger partial charge in [-0.1, -0.05) is 11.6 Å². The molecule has 102 valence electrons. The van der Waals surface area contributed by atoms with Gasteiger partial charge in [0.1, 0.15) is 5.75 Å². The molecule has 1 aromatic heterocycles. The van der Waals surface area contributed by atoms with Crippen LogP contribution in [0.3, 0.4) is 0 Å². The van der Waals surface area contributed by atoms with E-state index in [-0.39, 0.29) is 0 Å². The first-order valence-electron chi connectivity index (χ1n) is 6.07. The summed E-state index contributed by atoms with van der Waals surface area (Å²) < 4.78 is 6.32. The molecule has 2 aromatic rings. The molecule has 19 heavy (non-hydrogen) atoms. The van der Waals surface area contributed by atoms with E-state index < -0.39 is 0 Å². The predicted octanol–water partition coefficient (Wildman–Crippen LogP) is 4.02. The lowest BCUT2D eigenvalue weighted by molar-refractivity contribution is 0.340. The van der Waals surface area contributed by atoms with Gasteiger partial charge in [0.15, 0.2) is 0 Å². The van der Waals surface area contributed by atoms with Gasteiger partial charge in [-0.05, 0) is 25.1 Å². The molecule has 3 nitrogen and oxygen atoms in total. The van der Waals surface area contributed by atoms with Crippen molar-refractivity contribution < 1.29 is 4.74 Å². The number of nitrogens with two attached hydrogens (primary N) is 1. The van der Waals surface area contributed by atoms with Crippen LogP contribution in [0.1, 0.15) is 11.8 Å². The van der Waals surface area contributed by atoms with E-state index in [0.29, 0.717) is 12.3 Å². The van der Waals surface area contributed by atoms with Gasteiger partial charge in [-0.2, -0.15) is 0 Å². The van der Waals surface area contributed by atoms with E-state index in [0.717, 1.165) is 22.3 Å². The third-order valence-electron chi connectivity index (χ3n) is 2.69. The normalized spacial score (nSPS) is 10.5. The fourth-order valence-electron chi connectivity index (χ4n) is 1.84. The Morgan fingerprint density at radius 3 is 2.74 bits per heavy atom. The molecule has 5 heteroatoms. The second-order valence-corrected chi connectivity index (χ2v) is 6.05. The molecule has 0 saturated heterocycles. The van der Waals surface area contributed by atoms with Crippen molar-refractivity contribution in [3.8, 4) is 5.75 Å². The molecule has 0 fully saturated rings. The van der Waals surface area contributed by atoms with Gasteiger partial charge in [0, 0.05) is 35.4 Å². The van der Waals surface area contributed by atoms with Crippen LogP contribution in [0.5, 0.6) is 5.75 Å². The largest absolute Gasteiger partial charge is 0.494 e. The van der Waals surface area contributed by atoms with Crippen molar-refractivity contribution in [3.63, 3.8) is 0 Å². The molecule has 0 aliphatic heterocycles. The summed E-state index contributed by atoms with van der Waals surface area (Å²) >= 11 is 7.53. The molecular weight excluding hydrogens is 280 g/mol. The number of anilines is 2. The van der Waals surface area contributed by atoms with Gasteiger partial charge in [-0.3, -0.25) is 0 Å². The van der Waals surface area contributed by atoms with Crippen molar-refractivity contribution >= 4 is 34.3 Å². The molecule has 0 aliphatic carbocycles. The maximum Gasteiger partial charge on any atom is 0.123 e. The molecule has 0 amide bonds. The molecule has 0 bridgehead atoms. The molecule has 2 N–H and O–H groups in total. The standard InChI is InChI=1S/C14H17ClN2OS/c1-3-18-12-7-10(16)6-11(8-12)17(2)9-13-4-5-14(15)19-13/h4-8H,3,9,16H2,1-2H3. The number of hydrogen-bond donors (Lipinski definition) is 1. The van der Waals surface area contributed by atoms with Gasteiger partial charge in [0.05, 0.1) is 17.5 Å². The average molecular weight is 297 g/mol. The lowest BCUT2D eigenvalue weighted by atomic mass is 10.2. The number of benzene rings is 1. The fraction of sp³-hybridized carbons (Fsp3) is 0.286. The van der Waals surface area contributed by atoms with Crippen molar-refractivity contribution in [2.75, 3.05) is 24.3 Å². The Morgan fingerprint density at radius 1 is 1.32 bits per heavy atom. The van der Waals surface area contributed by atoms with Crippen molar-refractivity contribution in [1.29, 1.82) is 0 Å².